The van der Waals surface area contributed by atoms with Crippen LogP contribution >= 0.6 is 11.6 Å². The largest absolute Gasteiger partial charge is 0.494 e. The molecule has 106 valence electrons. The minimum absolute atomic E-state index is 0.503. The van der Waals surface area contributed by atoms with Crippen molar-refractivity contribution in [1.29, 1.82) is 0 Å². The summed E-state index contributed by atoms with van der Waals surface area (Å²) in [6.07, 6.45) is 2.72. The van der Waals surface area contributed by atoms with Crippen molar-refractivity contribution >= 4 is 17.3 Å². The fourth-order valence-electron chi connectivity index (χ4n) is 1.89. The van der Waals surface area contributed by atoms with Crippen molar-refractivity contribution in [1.82, 2.24) is 4.98 Å². The number of pyridine rings is 1. The van der Waals surface area contributed by atoms with Crippen LogP contribution in [-0.4, -0.2) is 11.6 Å². The molecule has 4 heteroatoms. The molecule has 3 nitrogen and oxygen atoms in total. The molecule has 0 bridgehead atoms. The van der Waals surface area contributed by atoms with Gasteiger partial charge in [-0.25, -0.2) is 4.98 Å². The summed E-state index contributed by atoms with van der Waals surface area (Å²) in [7, 11) is 0. The minimum Gasteiger partial charge on any atom is -0.494 e. The number of anilines is 1. The fourth-order valence-corrected chi connectivity index (χ4v) is 2.17. The molecule has 1 aromatic carbocycles. The maximum atomic E-state index is 6.10. The van der Waals surface area contributed by atoms with Crippen molar-refractivity contribution in [3.05, 3.63) is 52.8 Å². The van der Waals surface area contributed by atoms with Crippen LogP contribution in [0.1, 0.15) is 24.5 Å². The lowest BCUT2D eigenvalue weighted by molar-refractivity contribution is 0.317. The highest BCUT2D eigenvalue weighted by Gasteiger charge is 2.04. The van der Waals surface area contributed by atoms with Crippen molar-refractivity contribution in [3.63, 3.8) is 0 Å². The lowest BCUT2D eigenvalue weighted by atomic mass is 10.2. The highest BCUT2D eigenvalue weighted by atomic mass is 35.5. The third kappa shape index (κ3) is 3.87. The van der Waals surface area contributed by atoms with E-state index in [4.69, 9.17) is 16.3 Å². The molecule has 2 rings (SSSR count). The van der Waals surface area contributed by atoms with Crippen molar-refractivity contribution in [2.45, 2.75) is 26.8 Å². The summed E-state index contributed by atoms with van der Waals surface area (Å²) in [5.74, 6) is 0.903. The molecule has 0 aliphatic rings. The van der Waals surface area contributed by atoms with E-state index in [0.29, 0.717) is 11.7 Å². The highest BCUT2D eigenvalue weighted by Crippen LogP contribution is 2.24. The van der Waals surface area contributed by atoms with E-state index in [1.165, 1.54) is 0 Å². The van der Waals surface area contributed by atoms with Gasteiger partial charge in [-0.15, -0.1) is 0 Å². The monoisotopic (exact) mass is 290 g/mol. The molecule has 0 aliphatic heterocycles. The van der Waals surface area contributed by atoms with Crippen LogP contribution < -0.4 is 10.1 Å². The van der Waals surface area contributed by atoms with E-state index in [9.17, 15) is 0 Å². The second-order valence-corrected chi connectivity index (χ2v) is 5.00. The first kappa shape index (κ1) is 14.7. The molecule has 20 heavy (non-hydrogen) atoms. The van der Waals surface area contributed by atoms with Crippen LogP contribution in [0.5, 0.6) is 5.75 Å². The molecule has 0 saturated heterocycles. The Labute approximate surface area is 124 Å². The van der Waals surface area contributed by atoms with E-state index in [1.54, 1.807) is 6.20 Å². The summed E-state index contributed by atoms with van der Waals surface area (Å²) in [5, 5.41) is 3.83. The topological polar surface area (TPSA) is 34.1 Å². The standard InChI is InChI=1S/C16H19ClN2O/c1-3-9-20-14-6-4-5-13(10-14)11-19-15-12(2)7-8-18-16(15)17/h4-8,10,19H,3,9,11H2,1-2H3. The average Bonchev–Trinajstić information content (AvgIpc) is 2.45. The summed E-state index contributed by atoms with van der Waals surface area (Å²) in [5.41, 5.74) is 3.12. The predicted octanol–water partition coefficient (Wildman–Crippen LogP) is 4.44. The van der Waals surface area contributed by atoms with Gasteiger partial charge < -0.3 is 10.1 Å². The number of aryl methyl sites for hydroxylation is 1. The molecule has 0 aliphatic carbocycles. The third-order valence-corrected chi connectivity index (χ3v) is 3.24. The zero-order valence-corrected chi connectivity index (χ0v) is 12.6. The Morgan fingerprint density at radius 1 is 1.30 bits per heavy atom. The van der Waals surface area contributed by atoms with Gasteiger partial charge in [-0.05, 0) is 42.7 Å². The zero-order valence-electron chi connectivity index (χ0n) is 11.8. The first-order valence-electron chi connectivity index (χ1n) is 6.77. The maximum Gasteiger partial charge on any atom is 0.152 e. The number of hydrogen-bond acceptors (Lipinski definition) is 3. The summed E-state index contributed by atoms with van der Waals surface area (Å²) >= 11 is 6.10. The van der Waals surface area contributed by atoms with Crippen LogP contribution in [0.15, 0.2) is 36.5 Å². The third-order valence-electron chi connectivity index (χ3n) is 2.95. The van der Waals surface area contributed by atoms with E-state index in [2.05, 4.69) is 23.3 Å². The molecule has 0 unspecified atom stereocenters. The fraction of sp³-hybridized carbons (Fsp3) is 0.312. The van der Waals surface area contributed by atoms with Gasteiger partial charge in [-0.3, -0.25) is 0 Å². The summed E-state index contributed by atoms with van der Waals surface area (Å²) in [6, 6.07) is 10.0. The van der Waals surface area contributed by atoms with Gasteiger partial charge in [0.25, 0.3) is 0 Å². The van der Waals surface area contributed by atoms with Gasteiger partial charge in [-0.1, -0.05) is 30.7 Å². The van der Waals surface area contributed by atoms with Gasteiger partial charge in [0.2, 0.25) is 0 Å². The van der Waals surface area contributed by atoms with E-state index in [0.717, 1.165) is 35.6 Å². The van der Waals surface area contributed by atoms with Crippen molar-refractivity contribution in [2.75, 3.05) is 11.9 Å². The first-order valence-corrected chi connectivity index (χ1v) is 7.15. The zero-order chi connectivity index (χ0) is 14.4. The van der Waals surface area contributed by atoms with Gasteiger partial charge in [0.1, 0.15) is 5.75 Å². The smallest absolute Gasteiger partial charge is 0.152 e. The normalized spacial score (nSPS) is 10.3. The van der Waals surface area contributed by atoms with Crippen LogP contribution in [0.2, 0.25) is 5.15 Å². The predicted molar refractivity (Wildman–Crippen MR) is 83.5 cm³/mol. The Balaban J connectivity index is 2.03. The summed E-state index contributed by atoms with van der Waals surface area (Å²) in [6.45, 7) is 5.54. The number of nitrogens with zero attached hydrogens (tertiary/aromatic N) is 1. The molecule has 1 heterocycles. The van der Waals surface area contributed by atoms with E-state index >= 15 is 0 Å². The minimum atomic E-state index is 0.503. The molecule has 0 atom stereocenters. The van der Waals surface area contributed by atoms with Crippen LogP contribution in [0, 0.1) is 6.92 Å². The Morgan fingerprint density at radius 2 is 2.15 bits per heavy atom. The van der Waals surface area contributed by atoms with Crippen LogP contribution in [0.3, 0.4) is 0 Å². The molecule has 2 aromatic rings. The number of benzene rings is 1. The van der Waals surface area contributed by atoms with Crippen molar-refractivity contribution in [2.24, 2.45) is 0 Å². The number of hydrogen-bond donors (Lipinski definition) is 1. The molecular weight excluding hydrogens is 272 g/mol. The number of halogens is 1. The average molecular weight is 291 g/mol. The number of ether oxygens (including phenoxy) is 1. The molecule has 0 saturated carbocycles. The quantitative estimate of drug-likeness (QED) is 0.798. The molecule has 0 radical (unpaired) electrons. The summed E-state index contributed by atoms with van der Waals surface area (Å²) in [4.78, 5) is 4.09. The Hall–Kier alpha value is -1.74. The van der Waals surface area contributed by atoms with E-state index < -0.39 is 0 Å². The SMILES string of the molecule is CCCOc1cccc(CNc2c(C)ccnc2Cl)c1. The van der Waals surface area contributed by atoms with Crippen LogP contribution in [0.25, 0.3) is 0 Å². The second-order valence-electron chi connectivity index (χ2n) is 4.64. The Morgan fingerprint density at radius 3 is 2.90 bits per heavy atom. The molecule has 0 fully saturated rings. The molecule has 0 spiro atoms. The highest BCUT2D eigenvalue weighted by molar-refractivity contribution is 6.32. The van der Waals surface area contributed by atoms with Gasteiger partial charge in [0, 0.05) is 12.7 Å². The van der Waals surface area contributed by atoms with E-state index in [1.807, 2.05) is 31.2 Å². The van der Waals surface area contributed by atoms with Crippen molar-refractivity contribution in [3.8, 4) is 5.75 Å². The molecular formula is C16H19ClN2O. The first-order chi connectivity index (χ1) is 9.70. The Kier molecular flexibility index (Phi) is 5.24. The Bertz CT molecular complexity index is 552. The summed E-state index contributed by atoms with van der Waals surface area (Å²) < 4.78 is 5.63. The van der Waals surface area contributed by atoms with Crippen LogP contribution in [0.4, 0.5) is 5.69 Å². The number of rotatable bonds is 6. The lowest BCUT2D eigenvalue weighted by Gasteiger charge is -2.11. The number of aromatic nitrogens is 1. The lowest BCUT2D eigenvalue weighted by Crippen LogP contribution is -2.03. The number of nitrogens with one attached hydrogen (secondary N) is 1. The van der Waals surface area contributed by atoms with Crippen LogP contribution in [-0.2, 0) is 6.54 Å². The molecule has 1 aromatic heterocycles. The van der Waals surface area contributed by atoms with Gasteiger partial charge in [-0.2, -0.15) is 0 Å². The second kappa shape index (κ2) is 7.15. The molecule has 1 N–H and O–H groups in total. The van der Waals surface area contributed by atoms with Crippen molar-refractivity contribution < 1.29 is 4.74 Å². The van der Waals surface area contributed by atoms with Gasteiger partial charge >= 0.3 is 0 Å². The van der Waals surface area contributed by atoms with E-state index in [-0.39, 0.29) is 0 Å². The van der Waals surface area contributed by atoms with Gasteiger partial charge in [0.05, 0.1) is 12.3 Å². The van der Waals surface area contributed by atoms with Gasteiger partial charge in [0.15, 0.2) is 5.15 Å². The maximum absolute atomic E-state index is 6.10. The molecule has 0 amide bonds.